The highest BCUT2D eigenvalue weighted by molar-refractivity contribution is 6.04. The van der Waals surface area contributed by atoms with Crippen LogP contribution in [0.2, 0.25) is 0 Å². The fraction of sp³-hybridized carbons (Fsp3) is 0.0976. The second-order valence-corrected chi connectivity index (χ2v) is 11.1. The molecule has 0 saturated heterocycles. The highest BCUT2D eigenvalue weighted by Gasteiger charge is 2.16. The lowest BCUT2D eigenvalue weighted by Crippen LogP contribution is -2.10. The number of ether oxygens (including phenoxy) is 6. The molecule has 0 aliphatic rings. The molecule has 0 radical (unpaired) electrons. The molecule has 0 spiro atoms. The van der Waals surface area contributed by atoms with Gasteiger partial charge in [0.1, 0.15) is 11.5 Å². The molecular formula is C41H34O11. The van der Waals surface area contributed by atoms with Gasteiger partial charge < -0.3 is 28.4 Å². The van der Waals surface area contributed by atoms with Crippen molar-refractivity contribution in [1.82, 2.24) is 0 Å². The number of hydrogen-bond acceptors (Lipinski definition) is 11. The first kappa shape index (κ1) is 37.8. The van der Waals surface area contributed by atoms with Crippen molar-refractivity contribution < 1.29 is 52.4 Å². The summed E-state index contributed by atoms with van der Waals surface area (Å²) in [5.74, 6) is -1.42. The Kier molecular flexibility index (Phi) is 12.8. The lowest BCUT2D eigenvalue weighted by molar-refractivity contribution is -0.130. The van der Waals surface area contributed by atoms with Gasteiger partial charge in [-0.05, 0) is 110 Å². The first-order valence-corrected chi connectivity index (χ1v) is 15.5. The average molecular weight is 703 g/mol. The van der Waals surface area contributed by atoms with Gasteiger partial charge in [-0.3, -0.25) is 4.79 Å². The fourth-order valence-corrected chi connectivity index (χ4v) is 4.18. The number of benzene rings is 4. The number of allylic oxidation sites excluding steroid dienone is 2. The van der Waals surface area contributed by atoms with E-state index in [1.54, 1.807) is 36.4 Å². The Balaban J connectivity index is 1.35. The molecule has 0 aliphatic carbocycles. The van der Waals surface area contributed by atoms with E-state index in [2.05, 4.69) is 13.2 Å². The van der Waals surface area contributed by atoms with Crippen LogP contribution in [0.1, 0.15) is 45.7 Å². The van der Waals surface area contributed by atoms with Gasteiger partial charge in [-0.15, -0.1) is 0 Å². The number of hydrogen-bond donors (Lipinski definition) is 0. The molecule has 52 heavy (non-hydrogen) atoms. The molecule has 0 N–H and O–H groups in total. The van der Waals surface area contributed by atoms with Gasteiger partial charge in [0.25, 0.3) is 0 Å². The van der Waals surface area contributed by atoms with Gasteiger partial charge in [-0.2, -0.15) is 0 Å². The minimum absolute atomic E-state index is 0.163. The minimum atomic E-state index is -0.655. The van der Waals surface area contributed by atoms with Gasteiger partial charge in [0.15, 0.2) is 28.8 Å². The Bertz CT molecular complexity index is 1940. The van der Waals surface area contributed by atoms with Crippen LogP contribution in [-0.2, 0) is 14.4 Å². The van der Waals surface area contributed by atoms with E-state index in [1.165, 1.54) is 101 Å². The van der Waals surface area contributed by atoms with Crippen LogP contribution in [0.4, 0.5) is 0 Å². The van der Waals surface area contributed by atoms with Gasteiger partial charge in [0.2, 0.25) is 0 Å². The van der Waals surface area contributed by atoms with E-state index in [1.807, 2.05) is 0 Å². The lowest BCUT2D eigenvalue weighted by atomic mass is 10.1. The Hall–Kier alpha value is -7.01. The van der Waals surface area contributed by atoms with Crippen LogP contribution >= 0.6 is 0 Å². The summed E-state index contributed by atoms with van der Waals surface area (Å²) in [6, 6.07) is 21.3. The van der Waals surface area contributed by atoms with Crippen LogP contribution in [0, 0.1) is 0 Å². The molecule has 4 rings (SSSR count). The molecule has 11 nitrogen and oxygen atoms in total. The van der Waals surface area contributed by atoms with Gasteiger partial charge in [-0.1, -0.05) is 37.4 Å². The van der Waals surface area contributed by atoms with E-state index in [-0.39, 0.29) is 62.6 Å². The van der Waals surface area contributed by atoms with Crippen molar-refractivity contribution >= 4 is 41.8 Å². The lowest BCUT2D eigenvalue weighted by Gasteiger charge is -2.10. The SMILES string of the molecule is C=C(C)C(=O)Oc1ccc(C(=O)Oc2ccc(C=CC(=O)C=Cc3ccc(OC(=O)c4ccc(OC(=O)C(=C)C)cc4)c(OC)c3)cc2OC)cc1. The zero-order valence-corrected chi connectivity index (χ0v) is 28.8. The molecule has 0 atom stereocenters. The maximum absolute atomic E-state index is 12.7. The average Bonchev–Trinajstić information content (AvgIpc) is 3.14. The van der Waals surface area contributed by atoms with Crippen molar-refractivity contribution in [2.75, 3.05) is 14.2 Å². The van der Waals surface area contributed by atoms with Gasteiger partial charge >= 0.3 is 23.9 Å². The predicted octanol–water partition coefficient (Wildman–Crippen LogP) is 7.40. The summed E-state index contributed by atoms with van der Waals surface area (Å²) in [6.45, 7) is 10.1. The third-order valence-corrected chi connectivity index (χ3v) is 6.96. The molecule has 0 aromatic heterocycles. The number of rotatable bonds is 14. The summed E-state index contributed by atoms with van der Waals surface area (Å²) >= 11 is 0. The van der Waals surface area contributed by atoms with E-state index in [0.29, 0.717) is 11.1 Å². The molecule has 4 aromatic carbocycles. The summed E-state index contributed by atoms with van der Waals surface area (Å²) in [5, 5.41) is 0. The number of esters is 4. The largest absolute Gasteiger partial charge is 0.493 e. The minimum Gasteiger partial charge on any atom is -0.493 e. The van der Waals surface area contributed by atoms with Crippen LogP contribution < -0.4 is 28.4 Å². The second-order valence-electron chi connectivity index (χ2n) is 11.1. The molecule has 0 bridgehead atoms. The Morgan fingerprint density at radius 3 is 1.19 bits per heavy atom. The van der Waals surface area contributed by atoms with Crippen LogP contribution in [0.25, 0.3) is 12.2 Å². The molecular weight excluding hydrogens is 668 g/mol. The fourth-order valence-electron chi connectivity index (χ4n) is 4.18. The number of ketones is 1. The van der Waals surface area contributed by atoms with Crippen LogP contribution in [0.5, 0.6) is 34.5 Å². The van der Waals surface area contributed by atoms with E-state index < -0.39 is 23.9 Å². The van der Waals surface area contributed by atoms with Gasteiger partial charge in [0.05, 0.1) is 25.3 Å². The van der Waals surface area contributed by atoms with Crippen molar-refractivity contribution in [1.29, 1.82) is 0 Å². The molecule has 264 valence electrons. The normalized spacial score (nSPS) is 10.7. The monoisotopic (exact) mass is 702 g/mol. The van der Waals surface area contributed by atoms with E-state index in [4.69, 9.17) is 28.4 Å². The first-order valence-electron chi connectivity index (χ1n) is 15.5. The molecule has 0 heterocycles. The molecule has 11 heteroatoms. The molecule has 0 aliphatic heterocycles. The highest BCUT2D eigenvalue weighted by Crippen LogP contribution is 2.31. The summed E-state index contributed by atoms with van der Waals surface area (Å²) in [4.78, 5) is 61.5. The zero-order chi connectivity index (χ0) is 37.8. The smallest absolute Gasteiger partial charge is 0.343 e. The number of carbonyl (C=O) groups is 5. The summed E-state index contributed by atoms with van der Waals surface area (Å²) in [6.07, 6.45) is 5.87. The second kappa shape index (κ2) is 17.6. The van der Waals surface area contributed by atoms with E-state index in [9.17, 15) is 24.0 Å². The third-order valence-electron chi connectivity index (χ3n) is 6.96. The molecule has 4 aromatic rings. The van der Waals surface area contributed by atoms with E-state index in [0.717, 1.165) is 0 Å². The van der Waals surface area contributed by atoms with Crippen molar-refractivity contribution in [2.24, 2.45) is 0 Å². The Labute approximate surface area is 300 Å². The number of methoxy groups -OCH3 is 2. The van der Waals surface area contributed by atoms with Crippen molar-refractivity contribution in [3.05, 3.63) is 144 Å². The molecule has 0 amide bonds. The van der Waals surface area contributed by atoms with Crippen molar-refractivity contribution in [3.8, 4) is 34.5 Å². The van der Waals surface area contributed by atoms with E-state index >= 15 is 0 Å². The number of carbonyl (C=O) groups excluding carboxylic acids is 5. The Morgan fingerprint density at radius 1 is 0.500 bits per heavy atom. The van der Waals surface area contributed by atoms with Crippen LogP contribution in [-0.4, -0.2) is 43.9 Å². The third kappa shape index (κ3) is 10.5. The van der Waals surface area contributed by atoms with Crippen molar-refractivity contribution in [2.45, 2.75) is 13.8 Å². The standard InChI is InChI=1S/C41H34O11/c1-25(2)38(43)49-32-17-11-29(12-18-32)40(45)51-34-21-9-27(23-36(34)47-5)7-15-31(42)16-8-28-10-22-35(37(24-28)48-6)52-41(46)30-13-19-33(20-14-30)50-39(44)26(3)4/h7-24H,1,3H2,2,4-6H3. The summed E-state index contributed by atoms with van der Waals surface area (Å²) in [7, 11) is 2.84. The molecule has 0 saturated carbocycles. The highest BCUT2D eigenvalue weighted by atomic mass is 16.6. The van der Waals surface area contributed by atoms with Crippen LogP contribution in [0.15, 0.2) is 121 Å². The van der Waals surface area contributed by atoms with Crippen LogP contribution in [0.3, 0.4) is 0 Å². The zero-order valence-electron chi connectivity index (χ0n) is 28.8. The van der Waals surface area contributed by atoms with Gasteiger partial charge in [0, 0.05) is 11.1 Å². The summed E-state index contributed by atoms with van der Waals surface area (Å²) in [5.41, 5.74) is 2.15. The van der Waals surface area contributed by atoms with Gasteiger partial charge in [-0.25, -0.2) is 19.2 Å². The maximum Gasteiger partial charge on any atom is 0.343 e. The predicted molar refractivity (Wildman–Crippen MR) is 193 cm³/mol. The van der Waals surface area contributed by atoms with Crippen molar-refractivity contribution in [3.63, 3.8) is 0 Å². The summed E-state index contributed by atoms with van der Waals surface area (Å²) < 4.78 is 32.0. The quantitative estimate of drug-likeness (QED) is 0.0737. The maximum atomic E-state index is 12.7. The topological polar surface area (TPSA) is 141 Å². The first-order chi connectivity index (χ1) is 24.9. The Morgan fingerprint density at radius 2 is 0.865 bits per heavy atom. The molecule has 0 unspecified atom stereocenters. The molecule has 0 fully saturated rings.